The van der Waals surface area contributed by atoms with Gasteiger partial charge in [0.05, 0.1) is 0 Å². The second kappa shape index (κ2) is 9.69. The van der Waals surface area contributed by atoms with Crippen LogP contribution in [0.3, 0.4) is 0 Å². The summed E-state index contributed by atoms with van der Waals surface area (Å²) in [5, 5.41) is 2.22. The van der Waals surface area contributed by atoms with Crippen LogP contribution in [0.1, 0.15) is 0 Å². The standard InChI is InChI=1S/3C6H2Cl3.ClH.Sn/c3*7-4-2-1-3-5(8)6(4)9;;/h3*2-3H;1H;/q;;;;+1/p-1. The summed E-state index contributed by atoms with van der Waals surface area (Å²) in [6, 6.07) is 10.0. The molecule has 0 spiro atoms. The van der Waals surface area contributed by atoms with Crippen LogP contribution in [-0.2, 0) is 0 Å². The van der Waals surface area contributed by atoms with Crippen molar-refractivity contribution in [1.29, 1.82) is 0 Å². The second-order valence-corrected chi connectivity index (χ2v) is 22.0. The molecule has 0 saturated heterocycles. The van der Waals surface area contributed by atoms with E-state index < -0.39 is 17.3 Å². The molecule has 0 unspecified atom stereocenters. The van der Waals surface area contributed by atoms with Crippen LogP contribution >= 0.6 is 113 Å². The Balaban J connectivity index is 2.42. The van der Waals surface area contributed by atoms with E-state index in [4.69, 9.17) is 113 Å². The van der Waals surface area contributed by atoms with E-state index in [1.54, 1.807) is 36.4 Å². The first kappa shape index (κ1) is 25.0. The van der Waals surface area contributed by atoms with Crippen LogP contribution in [0.2, 0.25) is 45.2 Å². The topological polar surface area (TPSA) is 0 Å². The summed E-state index contributed by atoms with van der Waals surface area (Å²) in [6.07, 6.45) is 0. The van der Waals surface area contributed by atoms with Gasteiger partial charge in [0.25, 0.3) is 0 Å². The number of rotatable bonds is 3. The summed E-state index contributed by atoms with van der Waals surface area (Å²) in [5.41, 5.74) is 0. The predicted octanol–water partition coefficient (Wildman–Crippen LogP) is 8.77. The molecule has 152 valence electrons. The van der Waals surface area contributed by atoms with E-state index in [0.717, 1.165) is 0 Å². The van der Waals surface area contributed by atoms with Crippen LogP contribution < -0.4 is 10.7 Å². The van der Waals surface area contributed by atoms with Gasteiger partial charge in [-0.2, -0.15) is 0 Å². The molecule has 0 heterocycles. The van der Waals surface area contributed by atoms with Crippen LogP contribution in [0.15, 0.2) is 36.4 Å². The van der Waals surface area contributed by atoms with Gasteiger partial charge in [-0.05, 0) is 0 Å². The van der Waals surface area contributed by atoms with Crippen molar-refractivity contribution in [1.82, 2.24) is 0 Å². The number of hydrogen-bond donors (Lipinski definition) is 0. The van der Waals surface area contributed by atoms with Gasteiger partial charge >= 0.3 is 223 Å². The van der Waals surface area contributed by atoms with Crippen molar-refractivity contribution in [2.75, 3.05) is 0 Å². The average Bonchev–Trinajstić information content (AvgIpc) is 2.66. The molecular weight excluding hydrogens is 689 g/mol. The summed E-state index contributed by atoms with van der Waals surface area (Å²) in [6.45, 7) is 0. The van der Waals surface area contributed by atoms with Crippen LogP contribution in [-0.4, -0.2) is 17.3 Å². The molecule has 0 aliphatic carbocycles. The quantitative estimate of drug-likeness (QED) is 0.190. The average molecular weight is 695 g/mol. The Morgan fingerprint density at radius 3 is 0.724 bits per heavy atom. The van der Waals surface area contributed by atoms with E-state index in [1.165, 1.54) is 0 Å². The van der Waals surface area contributed by atoms with Gasteiger partial charge in [-0.1, -0.05) is 0 Å². The van der Waals surface area contributed by atoms with Crippen LogP contribution in [0, 0.1) is 0 Å². The Bertz CT molecular complexity index is 919. The molecular formula is C18H6Cl10Sn. The fourth-order valence-corrected chi connectivity index (χ4v) is 17.0. The van der Waals surface area contributed by atoms with Crippen molar-refractivity contribution in [3.8, 4) is 0 Å². The van der Waals surface area contributed by atoms with Gasteiger partial charge < -0.3 is 0 Å². The molecule has 0 aliphatic rings. The summed E-state index contributed by atoms with van der Waals surface area (Å²) in [5.74, 6) is 0. The molecule has 29 heavy (non-hydrogen) atoms. The van der Waals surface area contributed by atoms with Crippen molar-refractivity contribution in [2.45, 2.75) is 0 Å². The van der Waals surface area contributed by atoms with E-state index in [9.17, 15) is 0 Å². The minimum atomic E-state index is -4.34. The molecule has 0 aromatic heterocycles. The van der Waals surface area contributed by atoms with Gasteiger partial charge in [0.15, 0.2) is 0 Å². The first-order valence-corrected chi connectivity index (χ1v) is 18.9. The zero-order chi connectivity index (χ0) is 21.7. The molecule has 0 amide bonds. The van der Waals surface area contributed by atoms with Gasteiger partial charge in [0, 0.05) is 0 Å². The Morgan fingerprint density at radius 2 is 0.552 bits per heavy atom. The molecule has 0 radical (unpaired) electrons. The molecule has 3 rings (SSSR count). The molecule has 0 aliphatic heterocycles. The van der Waals surface area contributed by atoms with Crippen molar-refractivity contribution in [2.24, 2.45) is 0 Å². The van der Waals surface area contributed by atoms with Crippen molar-refractivity contribution in [3.05, 3.63) is 81.6 Å². The molecule has 3 aromatic rings. The van der Waals surface area contributed by atoms with E-state index in [0.29, 0.717) is 10.7 Å². The Kier molecular flexibility index (Phi) is 8.35. The monoisotopic (exact) mass is 692 g/mol. The fraction of sp³-hybridized carbons (Fsp3) is 0. The fourth-order valence-electron chi connectivity index (χ4n) is 2.76. The van der Waals surface area contributed by atoms with Gasteiger partial charge in [-0.25, -0.2) is 0 Å². The first-order valence-electron chi connectivity index (χ1n) is 7.60. The molecule has 11 heteroatoms. The van der Waals surface area contributed by atoms with Crippen LogP contribution in [0.4, 0.5) is 0 Å². The van der Waals surface area contributed by atoms with E-state index in [2.05, 4.69) is 0 Å². The predicted molar refractivity (Wildman–Crippen MR) is 135 cm³/mol. The SMILES string of the molecule is Clc1c[c]([Sn]([Cl])([c]2cc(Cl)c(Cl)c(Cl)c2)[c]2cc(Cl)c(Cl)c(Cl)c2)cc(Cl)c1Cl. The number of hydrogen-bond acceptors (Lipinski definition) is 0. The Labute approximate surface area is 220 Å². The van der Waals surface area contributed by atoms with Crippen molar-refractivity contribution in [3.63, 3.8) is 0 Å². The first-order chi connectivity index (χ1) is 13.5. The third kappa shape index (κ3) is 4.84. The molecule has 0 nitrogen and oxygen atoms in total. The zero-order valence-electron chi connectivity index (χ0n) is 13.7. The number of benzene rings is 3. The zero-order valence-corrected chi connectivity index (χ0v) is 24.2. The Hall–Kier alpha value is 1.36. The van der Waals surface area contributed by atoms with Crippen molar-refractivity contribution < 1.29 is 0 Å². The molecule has 0 saturated carbocycles. The van der Waals surface area contributed by atoms with Crippen molar-refractivity contribution >= 4 is 141 Å². The summed E-state index contributed by atoms with van der Waals surface area (Å²) >= 11 is 51.8. The second-order valence-electron chi connectivity index (χ2n) is 5.92. The van der Waals surface area contributed by atoms with Crippen LogP contribution in [0.25, 0.3) is 0 Å². The molecule has 0 bridgehead atoms. The normalized spacial score (nSPS) is 11.8. The third-order valence-corrected chi connectivity index (χ3v) is 21.4. The number of halogens is 10. The molecule has 0 N–H and O–H groups in total. The third-order valence-electron chi connectivity index (χ3n) is 4.14. The molecule has 0 atom stereocenters. The molecule has 0 fully saturated rings. The maximum absolute atomic E-state index is 7.43. The summed E-state index contributed by atoms with van der Waals surface area (Å²) in [7, 11) is 7.43. The van der Waals surface area contributed by atoms with E-state index in [1.807, 2.05) is 0 Å². The summed E-state index contributed by atoms with van der Waals surface area (Å²) < 4.78 is 2.05. The van der Waals surface area contributed by atoms with Gasteiger partial charge in [0.1, 0.15) is 0 Å². The van der Waals surface area contributed by atoms with E-state index >= 15 is 0 Å². The van der Waals surface area contributed by atoms with Gasteiger partial charge in [0.2, 0.25) is 0 Å². The van der Waals surface area contributed by atoms with E-state index in [-0.39, 0.29) is 45.2 Å². The molecule has 3 aromatic carbocycles. The minimum absolute atomic E-state index is 0.224. The van der Waals surface area contributed by atoms with Gasteiger partial charge in [-0.15, -0.1) is 0 Å². The van der Waals surface area contributed by atoms with Crippen LogP contribution in [0.5, 0.6) is 0 Å². The van der Waals surface area contributed by atoms with Gasteiger partial charge in [-0.3, -0.25) is 0 Å². The maximum atomic E-state index is 7.43. The Morgan fingerprint density at radius 1 is 0.379 bits per heavy atom. The summed E-state index contributed by atoms with van der Waals surface area (Å²) in [4.78, 5) is 0.